The maximum atomic E-state index is 11.0. The Hall–Kier alpha value is -0.570. The number of aliphatic imine (C=N–C) groups is 1. The number of ether oxygens (including phenoxy) is 1. The van der Waals surface area contributed by atoms with Crippen molar-refractivity contribution in [3.63, 3.8) is 0 Å². The number of methoxy groups -OCH3 is 1. The molecule has 0 spiro atoms. The second kappa shape index (κ2) is 11.1. The third-order valence-electron chi connectivity index (χ3n) is 3.08. The Balaban J connectivity index is 0.00000361. The average molecular weight is 399 g/mol. The minimum atomic E-state index is -0.247. The predicted octanol–water partition coefficient (Wildman–Crippen LogP) is 0.980. The molecule has 0 saturated carbocycles. The van der Waals surface area contributed by atoms with Crippen LogP contribution < -0.4 is 5.32 Å². The summed E-state index contributed by atoms with van der Waals surface area (Å²) in [6.45, 7) is 5.02. The summed E-state index contributed by atoms with van der Waals surface area (Å²) in [4.78, 5) is 17.5. The van der Waals surface area contributed by atoms with Gasteiger partial charge in [-0.2, -0.15) is 0 Å². The zero-order valence-electron chi connectivity index (χ0n) is 12.3. The average Bonchev–Trinajstić information content (AvgIpc) is 2.83. The quantitative estimate of drug-likeness (QED) is 0.229. The van der Waals surface area contributed by atoms with Crippen LogP contribution in [0.1, 0.15) is 32.6 Å². The molecule has 0 radical (unpaired) electrons. The number of carbonyl (C=O) groups excluding carboxylic acids is 1. The lowest BCUT2D eigenvalue weighted by molar-refractivity contribution is -0.140. The molecule has 0 amide bonds. The molecule has 118 valence electrons. The molecule has 0 aromatic rings. The molecular formula is C13H26IN3O3. The fourth-order valence-corrected chi connectivity index (χ4v) is 2.03. The number of hydrogen-bond acceptors (Lipinski definition) is 4. The molecule has 1 heterocycles. The number of guanidine groups is 1. The number of hydrogen-bond donors (Lipinski definition) is 2. The Labute approximate surface area is 138 Å². The fraction of sp³-hybridized carbons (Fsp3) is 0.846. The zero-order chi connectivity index (χ0) is 14.1. The van der Waals surface area contributed by atoms with Gasteiger partial charge in [0.15, 0.2) is 5.96 Å². The number of likely N-dealkylation sites (tertiary alicyclic amines) is 1. The summed E-state index contributed by atoms with van der Waals surface area (Å²) in [7, 11) is 1.41. The van der Waals surface area contributed by atoms with E-state index in [4.69, 9.17) is 0 Å². The highest BCUT2D eigenvalue weighted by Crippen LogP contribution is 2.09. The van der Waals surface area contributed by atoms with E-state index in [-0.39, 0.29) is 36.0 Å². The van der Waals surface area contributed by atoms with Gasteiger partial charge >= 0.3 is 5.97 Å². The van der Waals surface area contributed by atoms with E-state index in [0.717, 1.165) is 38.3 Å². The molecule has 7 heteroatoms. The number of nitrogens with zero attached hydrogens (tertiary/aromatic N) is 2. The van der Waals surface area contributed by atoms with Gasteiger partial charge in [-0.25, -0.2) is 0 Å². The van der Waals surface area contributed by atoms with Crippen LogP contribution in [0.2, 0.25) is 0 Å². The molecule has 6 nitrogen and oxygen atoms in total. The maximum Gasteiger partial charge on any atom is 0.305 e. The summed E-state index contributed by atoms with van der Waals surface area (Å²) >= 11 is 0. The first kappa shape index (κ1) is 19.4. The number of esters is 1. The van der Waals surface area contributed by atoms with Gasteiger partial charge in [0, 0.05) is 32.6 Å². The number of unbranched alkanes of at least 4 members (excludes halogenated alkanes) is 1. The van der Waals surface area contributed by atoms with E-state index in [1.165, 1.54) is 7.11 Å². The van der Waals surface area contributed by atoms with Crippen LogP contribution in [0.3, 0.4) is 0 Å². The second-order valence-corrected chi connectivity index (χ2v) is 4.66. The molecule has 20 heavy (non-hydrogen) atoms. The molecule has 1 aliphatic heterocycles. The Morgan fingerprint density at radius 2 is 2.25 bits per heavy atom. The molecule has 1 saturated heterocycles. The molecule has 1 atom stereocenters. The van der Waals surface area contributed by atoms with Gasteiger partial charge in [-0.3, -0.25) is 9.79 Å². The van der Waals surface area contributed by atoms with Gasteiger partial charge in [0.1, 0.15) is 0 Å². The van der Waals surface area contributed by atoms with Crippen LogP contribution in [0, 0.1) is 0 Å². The number of aliphatic hydroxyl groups excluding tert-OH is 1. The summed E-state index contributed by atoms with van der Waals surface area (Å²) in [5.74, 6) is 0.690. The Bertz CT molecular complexity index is 313. The molecule has 1 aliphatic rings. The Morgan fingerprint density at radius 3 is 2.80 bits per heavy atom. The van der Waals surface area contributed by atoms with Crippen molar-refractivity contribution in [3.05, 3.63) is 0 Å². The van der Waals surface area contributed by atoms with E-state index in [0.29, 0.717) is 19.5 Å². The third-order valence-corrected chi connectivity index (χ3v) is 3.08. The molecular weight excluding hydrogens is 373 g/mol. The van der Waals surface area contributed by atoms with Gasteiger partial charge in [0.2, 0.25) is 0 Å². The molecule has 0 aromatic carbocycles. The van der Waals surface area contributed by atoms with Gasteiger partial charge in [-0.05, 0) is 26.2 Å². The van der Waals surface area contributed by atoms with Crippen LogP contribution in [0.4, 0.5) is 0 Å². The van der Waals surface area contributed by atoms with Crippen LogP contribution in [0.5, 0.6) is 0 Å². The van der Waals surface area contributed by atoms with Crippen molar-refractivity contribution >= 4 is 35.9 Å². The van der Waals surface area contributed by atoms with E-state index < -0.39 is 0 Å². The van der Waals surface area contributed by atoms with Crippen molar-refractivity contribution in [2.24, 2.45) is 4.99 Å². The summed E-state index contributed by atoms with van der Waals surface area (Å²) < 4.78 is 4.59. The van der Waals surface area contributed by atoms with Crippen molar-refractivity contribution < 1.29 is 14.6 Å². The summed E-state index contributed by atoms with van der Waals surface area (Å²) in [6.07, 6.45) is 2.65. The summed E-state index contributed by atoms with van der Waals surface area (Å²) in [5.41, 5.74) is 0. The Morgan fingerprint density at radius 1 is 1.50 bits per heavy atom. The lowest BCUT2D eigenvalue weighted by Crippen LogP contribution is -2.40. The van der Waals surface area contributed by atoms with Crippen molar-refractivity contribution in [2.45, 2.75) is 38.7 Å². The van der Waals surface area contributed by atoms with Gasteiger partial charge in [-0.15, -0.1) is 24.0 Å². The highest BCUT2D eigenvalue weighted by Gasteiger charge is 2.22. The molecule has 0 aromatic heterocycles. The van der Waals surface area contributed by atoms with Crippen LogP contribution in [0.15, 0.2) is 4.99 Å². The normalized spacial score (nSPS) is 18.6. The molecule has 2 N–H and O–H groups in total. The minimum absolute atomic E-state index is 0. The topological polar surface area (TPSA) is 74.2 Å². The van der Waals surface area contributed by atoms with Gasteiger partial charge in [-0.1, -0.05) is 0 Å². The Kier molecular flexibility index (Phi) is 10.8. The standard InChI is InChI=1S/C13H25N3O3.HI/c1-3-14-13(16-9-7-11(17)10-16)15-8-5-4-6-12(18)19-2;/h11,17H,3-10H2,1-2H3,(H,14,15);1H/t11-;/m1./s1. The molecule has 0 bridgehead atoms. The van der Waals surface area contributed by atoms with Crippen molar-refractivity contribution in [1.82, 2.24) is 10.2 Å². The predicted molar refractivity (Wildman–Crippen MR) is 89.5 cm³/mol. The zero-order valence-corrected chi connectivity index (χ0v) is 14.6. The SMILES string of the molecule is CCNC(=NCCCCC(=O)OC)N1CC[C@@H](O)C1.I. The van der Waals surface area contributed by atoms with Crippen molar-refractivity contribution in [2.75, 3.05) is 33.3 Å². The molecule has 1 fully saturated rings. The van der Waals surface area contributed by atoms with Crippen LogP contribution in [-0.4, -0.2) is 61.3 Å². The van der Waals surface area contributed by atoms with E-state index in [1.807, 2.05) is 6.92 Å². The number of aliphatic hydroxyl groups is 1. The molecule has 0 unspecified atom stereocenters. The summed E-state index contributed by atoms with van der Waals surface area (Å²) in [6, 6.07) is 0. The first-order chi connectivity index (χ1) is 9.17. The number of halogens is 1. The first-order valence-electron chi connectivity index (χ1n) is 6.95. The smallest absolute Gasteiger partial charge is 0.305 e. The maximum absolute atomic E-state index is 11.0. The van der Waals surface area contributed by atoms with Gasteiger partial charge < -0.3 is 20.1 Å². The van der Waals surface area contributed by atoms with E-state index in [1.54, 1.807) is 0 Å². The number of β-amino-alcohol motifs (C(OH)–C–C–N with tert-alkyl or cyclic N) is 1. The minimum Gasteiger partial charge on any atom is -0.469 e. The lowest BCUT2D eigenvalue weighted by Gasteiger charge is -2.20. The van der Waals surface area contributed by atoms with Crippen molar-refractivity contribution in [1.29, 1.82) is 0 Å². The van der Waals surface area contributed by atoms with Crippen LogP contribution in [-0.2, 0) is 9.53 Å². The summed E-state index contributed by atoms with van der Waals surface area (Å²) in [5, 5.41) is 12.8. The van der Waals surface area contributed by atoms with Gasteiger partial charge in [0.25, 0.3) is 0 Å². The van der Waals surface area contributed by atoms with E-state index in [2.05, 4.69) is 19.9 Å². The number of rotatable bonds is 6. The third kappa shape index (κ3) is 7.28. The lowest BCUT2D eigenvalue weighted by atomic mass is 10.2. The van der Waals surface area contributed by atoms with E-state index in [9.17, 15) is 9.90 Å². The monoisotopic (exact) mass is 399 g/mol. The molecule has 0 aliphatic carbocycles. The number of carbonyl (C=O) groups is 1. The van der Waals surface area contributed by atoms with Crippen molar-refractivity contribution in [3.8, 4) is 0 Å². The van der Waals surface area contributed by atoms with Gasteiger partial charge in [0.05, 0.1) is 13.2 Å². The largest absolute Gasteiger partial charge is 0.469 e. The van der Waals surface area contributed by atoms with Crippen LogP contribution in [0.25, 0.3) is 0 Å². The fourth-order valence-electron chi connectivity index (χ4n) is 2.03. The highest BCUT2D eigenvalue weighted by atomic mass is 127. The molecule has 1 rings (SSSR count). The number of nitrogens with one attached hydrogen (secondary N) is 1. The van der Waals surface area contributed by atoms with E-state index >= 15 is 0 Å². The van der Waals surface area contributed by atoms with Crippen LogP contribution >= 0.6 is 24.0 Å². The highest BCUT2D eigenvalue weighted by molar-refractivity contribution is 14.0. The first-order valence-corrected chi connectivity index (χ1v) is 6.95. The second-order valence-electron chi connectivity index (χ2n) is 4.66.